The minimum atomic E-state index is -3.56. The fourth-order valence-corrected chi connectivity index (χ4v) is 3.49. The molecule has 0 aliphatic carbocycles. The van der Waals surface area contributed by atoms with Gasteiger partial charge in [-0.2, -0.15) is 0 Å². The number of likely N-dealkylation sites (tertiary alicyclic amines) is 1. The molecule has 1 N–H and O–H groups in total. The molecule has 1 amide bonds. The van der Waals surface area contributed by atoms with E-state index in [0.29, 0.717) is 18.7 Å². The van der Waals surface area contributed by atoms with Crippen molar-refractivity contribution in [1.82, 2.24) is 9.62 Å². The first-order valence-corrected chi connectivity index (χ1v) is 8.76. The minimum absolute atomic E-state index is 0.0239. The Kier molecular flexibility index (Phi) is 5.08. The van der Waals surface area contributed by atoms with Gasteiger partial charge in [-0.15, -0.1) is 0 Å². The van der Waals surface area contributed by atoms with Crippen LogP contribution in [0.1, 0.15) is 20.3 Å². The molecule has 1 aliphatic rings. The van der Waals surface area contributed by atoms with Crippen LogP contribution >= 0.6 is 0 Å². The first kappa shape index (κ1) is 16.8. The zero-order chi connectivity index (χ0) is 16.3. The predicted molar refractivity (Wildman–Crippen MR) is 83.1 cm³/mol. The molecule has 6 nitrogen and oxygen atoms in total. The van der Waals surface area contributed by atoms with Crippen LogP contribution in [0.25, 0.3) is 0 Å². The minimum Gasteiger partial charge on any atom is -0.491 e. The van der Waals surface area contributed by atoms with Gasteiger partial charge < -0.3 is 9.64 Å². The molecular weight excluding hydrogens is 304 g/mol. The van der Waals surface area contributed by atoms with E-state index in [4.69, 9.17) is 4.74 Å². The average Bonchev–Trinajstić information content (AvgIpc) is 2.76. The van der Waals surface area contributed by atoms with E-state index in [1.807, 2.05) is 13.8 Å². The Bertz CT molecular complexity index is 625. The number of benzene rings is 1. The summed E-state index contributed by atoms with van der Waals surface area (Å²) >= 11 is 0. The van der Waals surface area contributed by atoms with E-state index in [9.17, 15) is 13.2 Å². The third-order valence-corrected chi connectivity index (χ3v) is 4.93. The van der Waals surface area contributed by atoms with Crippen molar-refractivity contribution in [3.63, 3.8) is 0 Å². The summed E-state index contributed by atoms with van der Waals surface area (Å²) in [5, 5.41) is 0. The lowest BCUT2D eigenvalue weighted by molar-refractivity contribution is -0.126. The van der Waals surface area contributed by atoms with E-state index in [0.717, 1.165) is 0 Å². The van der Waals surface area contributed by atoms with Crippen molar-refractivity contribution in [2.24, 2.45) is 5.92 Å². The molecule has 1 unspecified atom stereocenters. The number of hydrogen-bond acceptors (Lipinski definition) is 4. The van der Waals surface area contributed by atoms with Crippen molar-refractivity contribution in [3.05, 3.63) is 24.3 Å². The first-order chi connectivity index (χ1) is 10.3. The fraction of sp³-hybridized carbons (Fsp3) is 0.533. The number of amides is 1. The quantitative estimate of drug-likeness (QED) is 0.853. The molecule has 122 valence electrons. The van der Waals surface area contributed by atoms with Gasteiger partial charge in [0.1, 0.15) is 5.75 Å². The van der Waals surface area contributed by atoms with Crippen LogP contribution < -0.4 is 9.46 Å². The van der Waals surface area contributed by atoms with Crippen molar-refractivity contribution in [2.75, 3.05) is 20.1 Å². The second-order valence-electron chi connectivity index (χ2n) is 5.83. The Balaban J connectivity index is 1.97. The average molecular weight is 326 g/mol. The smallest absolute Gasteiger partial charge is 0.240 e. The topological polar surface area (TPSA) is 75.7 Å². The van der Waals surface area contributed by atoms with Crippen LogP contribution in [-0.4, -0.2) is 45.5 Å². The molecule has 1 heterocycles. The lowest BCUT2D eigenvalue weighted by Gasteiger charge is -2.13. The summed E-state index contributed by atoms with van der Waals surface area (Å²) in [6, 6.07) is 6.32. The zero-order valence-electron chi connectivity index (χ0n) is 13.1. The largest absolute Gasteiger partial charge is 0.491 e. The summed E-state index contributed by atoms with van der Waals surface area (Å²) in [6.07, 6.45) is 0.428. The monoisotopic (exact) mass is 326 g/mol. The third kappa shape index (κ3) is 4.20. The van der Waals surface area contributed by atoms with Crippen LogP contribution in [0, 0.1) is 5.92 Å². The highest BCUT2D eigenvalue weighted by Gasteiger charge is 2.28. The van der Waals surface area contributed by atoms with Crippen molar-refractivity contribution in [2.45, 2.75) is 31.3 Å². The van der Waals surface area contributed by atoms with Crippen molar-refractivity contribution in [1.29, 1.82) is 0 Å². The van der Waals surface area contributed by atoms with Gasteiger partial charge in [-0.3, -0.25) is 4.79 Å². The van der Waals surface area contributed by atoms with Crippen LogP contribution in [0.15, 0.2) is 29.2 Å². The summed E-state index contributed by atoms with van der Waals surface area (Å²) in [6.45, 7) is 4.67. The molecule has 0 radical (unpaired) electrons. The normalized spacial score (nSPS) is 19.0. The van der Waals surface area contributed by atoms with Gasteiger partial charge in [0.2, 0.25) is 15.9 Å². The van der Waals surface area contributed by atoms with Crippen molar-refractivity contribution in [3.8, 4) is 5.75 Å². The molecular formula is C15H22N2O4S. The maximum atomic E-state index is 12.2. The van der Waals surface area contributed by atoms with Crippen LogP contribution in [0.2, 0.25) is 0 Å². The van der Waals surface area contributed by atoms with E-state index in [1.165, 1.54) is 12.1 Å². The van der Waals surface area contributed by atoms with Gasteiger partial charge in [-0.05, 0) is 44.0 Å². The van der Waals surface area contributed by atoms with E-state index in [1.54, 1.807) is 24.1 Å². The van der Waals surface area contributed by atoms with Gasteiger partial charge >= 0.3 is 0 Å². The number of carbonyl (C=O) groups excluding carboxylic acids is 1. The lowest BCUT2D eigenvalue weighted by atomic mass is 10.1. The highest BCUT2D eigenvalue weighted by molar-refractivity contribution is 7.89. The van der Waals surface area contributed by atoms with E-state index in [2.05, 4.69) is 4.72 Å². The number of ether oxygens (including phenoxy) is 1. The Morgan fingerprint density at radius 1 is 1.32 bits per heavy atom. The van der Waals surface area contributed by atoms with Gasteiger partial charge in [-0.1, -0.05) is 0 Å². The van der Waals surface area contributed by atoms with Gasteiger partial charge in [0, 0.05) is 26.6 Å². The number of sulfonamides is 1. The summed E-state index contributed by atoms with van der Waals surface area (Å²) in [4.78, 5) is 13.3. The van der Waals surface area contributed by atoms with E-state index in [-0.39, 0.29) is 29.4 Å². The first-order valence-electron chi connectivity index (χ1n) is 7.28. The summed E-state index contributed by atoms with van der Waals surface area (Å²) in [5.74, 6) is 0.715. The van der Waals surface area contributed by atoms with Crippen molar-refractivity contribution >= 4 is 15.9 Å². The van der Waals surface area contributed by atoms with Gasteiger partial charge in [-0.25, -0.2) is 13.1 Å². The fourth-order valence-electron chi connectivity index (χ4n) is 2.37. The Morgan fingerprint density at radius 2 is 1.95 bits per heavy atom. The molecule has 22 heavy (non-hydrogen) atoms. The lowest BCUT2D eigenvalue weighted by Crippen LogP contribution is -2.30. The number of nitrogens with zero attached hydrogens (tertiary/aromatic N) is 1. The van der Waals surface area contributed by atoms with Gasteiger partial charge in [0.15, 0.2) is 0 Å². The number of rotatable bonds is 6. The summed E-state index contributed by atoms with van der Waals surface area (Å²) in [5.41, 5.74) is 0. The van der Waals surface area contributed by atoms with Crippen LogP contribution in [0.3, 0.4) is 0 Å². The molecule has 1 fully saturated rings. The Labute approximate surface area is 131 Å². The summed E-state index contributed by atoms with van der Waals surface area (Å²) in [7, 11) is -1.84. The summed E-state index contributed by atoms with van der Waals surface area (Å²) < 4.78 is 32.5. The molecule has 0 saturated carbocycles. The van der Waals surface area contributed by atoms with Crippen LogP contribution in [0.5, 0.6) is 5.75 Å². The maximum absolute atomic E-state index is 12.2. The molecule has 2 rings (SSSR count). The highest BCUT2D eigenvalue weighted by Crippen LogP contribution is 2.19. The molecule has 1 aromatic rings. The second kappa shape index (κ2) is 6.66. The van der Waals surface area contributed by atoms with E-state index >= 15 is 0 Å². The zero-order valence-corrected chi connectivity index (χ0v) is 13.9. The predicted octanol–water partition coefficient (Wildman–Crippen LogP) is 1.23. The Morgan fingerprint density at radius 3 is 2.45 bits per heavy atom. The standard InChI is InChI=1S/C15H22N2O4S/c1-11(2)21-13-4-6-14(7-5-13)22(19,20)16-9-12-8-15(18)17(3)10-12/h4-7,11-12,16H,8-10H2,1-3H3. The number of hydrogen-bond donors (Lipinski definition) is 1. The molecule has 7 heteroatoms. The molecule has 1 aromatic carbocycles. The molecule has 1 atom stereocenters. The molecule has 0 spiro atoms. The van der Waals surface area contributed by atoms with Gasteiger partial charge in [0.25, 0.3) is 0 Å². The Hall–Kier alpha value is -1.60. The van der Waals surface area contributed by atoms with Crippen molar-refractivity contribution < 1.29 is 17.9 Å². The number of carbonyl (C=O) groups is 1. The molecule has 0 aromatic heterocycles. The molecule has 0 bridgehead atoms. The van der Waals surface area contributed by atoms with Crippen LogP contribution in [-0.2, 0) is 14.8 Å². The second-order valence-corrected chi connectivity index (χ2v) is 7.60. The molecule has 1 saturated heterocycles. The maximum Gasteiger partial charge on any atom is 0.240 e. The number of nitrogens with one attached hydrogen (secondary N) is 1. The molecule has 1 aliphatic heterocycles. The van der Waals surface area contributed by atoms with E-state index < -0.39 is 10.0 Å². The third-order valence-electron chi connectivity index (χ3n) is 3.49. The van der Waals surface area contributed by atoms with Crippen LogP contribution in [0.4, 0.5) is 0 Å². The highest BCUT2D eigenvalue weighted by atomic mass is 32.2. The van der Waals surface area contributed by atoms with Gasteiger partial charge in [0.05, 0.1) is 11.0 Å². The SMILES string of the molecule is CC(C)Oc1ccc(S(=O)(=O)NCC2CC(=O)N(C)C2)cc1.